The van der Waals surface area contributed by atoms with Crippen LogP contribution in [-0.2, 0) is 13.0 Å². The lowest BCUT2D eigenvalue weighted by atomic mass is 9.88. The van der Waals surface area contributed by atoms with Gasteiger partial charge in [0.05, 0.1) is 17.9 Å². The van der Waals surface area contributed by atoms with E-state index in [4.69, 9.17) is 24.4 Å². The van der Waals surface area contributed by atoms with E-state index in [1.165, 1.54) is 11.1 Å². The van der Waals surface area contributed by atoms with Gasteiger partial charge < -0.3 is 13.9 Å². The molecule has 0 unspecified atom stereocenters. The van der Waals surface area contributed by atoms with Crippen LogP contribution in [0.2, 0.25) is 0 Å². The van der Waals surface area contributed by atoms with Crippen molar-refractivity contribution >= 4 is 34.1 Å². The fourth-order valence-corrected chi connectivity index (χ4v) is 9.72. The van der Waals surface area contributed by atoms with Crippen molar-refractivity contribution in [3.8, 4) is 62.4 Å². The Kier molecular flexibility index (Phi) is 10.2. The zero-order valence-corrected chi connectivity index (χ0v) is 37.4. The standard InChI is InChI=1S/C61H44N6O/c1-3-19-49(45-32-37-54-51(38-45)50-35-36-53-57(68-61(62-53)44-24-13-6-14-25-44)52(50)39-66(54)46-26-15-7-16-27-46)56-40(2)48-28-17-8-18-29-55(48)67(56)47-33-30-43(31-34-47)60-64-58(41-20-9-4-10-21-41)63-59(65-60)42-22-11-5-12-23-42/h3-27,29-38H,1,28,39H2,2H3/b49-19-. The van der Waals surface area contributed by atoms with Gasteiger partial charge in [0.1, 0.15) is 5.52 Å². The Labute approximate surface area is 395 Å². The molecule has 0 saturated heterocycles. The minimum absolute atomic E-state index is 0.612. The fraction of sp³-hybridized carbons (Fsp3) is 0.0492. The SMILES string of the molecule is C=C/C=C(/c1ccc2c(c1)-c1ccc3nc(-c4ccccc4)oc3c1CN2c1ccccc1)c1c(C)c2c(n1-c1ccc(-c3nc(-c4ccccc4)nc(-c4ccccc4)n3)cc1)C=CC=CC2. The summed E-state index contributed by atoms with van der Waals surface area (Å²) in [7, 11) is 0. The number of para-hydroxylation sites is 1. The van der Waals surface area contributed by atoms with Crippen molar-refractivity contribution in [2.24, 2.45) is 0 Å². The monoisotopic (exact) mass is 876 g/mol. The molecule has 4 heterocycles. The summed E-state index contributed by atoms with van der Waals surface area (Å²) < 4.78 is 9.08. The molecule has 7 nitrogen and oxygen atoms in total. The molecule has 0 fully saturated rings. The Bertz CT molecular complexity index is 3570. The van der Waals surface area contributed by atoms with Crippen LogP contribution < -0.4 is 4.90 Å². The van der Waals surface area contributed by atoms with Gasteiger partial charge in [0.15, 0.2) is 23.1 Å². The third-order valence-electron chi connectivity index (χ3n) is 13.0. The van der Waals surface area contributed by atoms with Crippen LogP contribution in [0.4, 0.5) is 11.4 Å². The van der Waals surface area contributed by atoms with Gasteiger partial charge in [0.25, 0.3) is 0 Å². The number of rotatable bonds is 9. The summed E-state index contributed by atoms with van der Waals surface area (Å²) in [4.78, 5) is 22.3. The van der Waals surface area contributed by atoms with Crippen LogP contribution in [0.25, 0.3) is 85.2 Å². The Hall–Kier alpha value is -8.94. The van der Waals surface area contributed by atoms with Gasteiger partial charge in [-0.15, -0.1) is 0 Å². The first-order valence-electron chi connectivity index (χ1n) is 22.9. The maximum absolute atomic E-state index is 6.67. The van der Waals surface area contributed by atoms with Crippen LogP contribution in [0.3, 0.4) is 0 Å². The first-order valence-corrected chi connectivity index (χ1v) is 22.9. The third-order valence-corrected chi connectivity index (χ3v) is 13.0. The van der Waals surface area contributed by atoms with Crippen molar-refractivity contribution in [1.29, 1.82) is 0 Å². The zero-order chi connectivity index (χ0) is 45.6. The second kappa shape index (κ2) is 17.1. The van der Waals surface area contributed by atoms with Gasteiger partial charge >= 0.3 is 0 Å². The Morgan fingerprint density at radius 2 is 1.21 bits per heavy atom. The van der Waals surface area contributed by atoms with E-state index < -0.39 is 0 Å². The van der Waals surface area contributed by atoms with Crippen molar-refractivity contribution in [2.75, 3.05) is 4.90 Å². The van der Waals surface area contributed by atoms with Crippen LogP contribution in [0.1, 0.15) is 33.6 Å². The third kappa shape index (κ3) is 7.18. The minimum Gasteiger partial charge on any atom is -0.436 e. The first-order chi connectivity index (χ1) is 33.6. The molecule has 0 bridgehead atoms. The lowest BCUT2D eigenvalue weighted by Crippen LogP contribution is -2.21. The second-order valence-corrected chi connectivity index (χ2v) is 17.0. The lowest BCUT2D eigenvalue weighted by molar-refractivity contribution is 0.615. The molecule has 0 spiro atoms. The molecule has 324 valence electrons. The number of benzene rings is 7. The quantitative estimate of drug-likeness (QED) is 0.135. The Morgan fingerprint density at radius 3 is 1.85 bits per heavy atom. The van der Waals surface area contributed by atoms with E-state index >= 15 is 0 Å². The van der Waals surface area contributed by atoms with Crippen LogP contribution in [0.5, 0.6) is 0 Å². The average molecular weight is 877 g/mol. The van der Waals surface area contributed by atoms with Crippen LogP contribution in [-0.4, -0.2) is 24.5 Å². The molecule has 10 aromatic rings. The summed E-state index contributed by atoms with van der Waals surface area (Å²) in [6.07, 6.45) is 13.6. The maximum Gasteiger partial charge on any atom is 0.227 e. The van der Waals surface area contributed by atoms with Gasteiger partial charge in [-0.05, 0) is 108 Å². The van der Waals surface area contributed by atoms with E-state index in [-0.39, 0.29) is 0 Å². The molecule has 0 amide bonds. The van der Waals surface area contributed by atoms with Crippen molar-refractivity contribution in [3.63, 3.8) is 0 Å². The molecule has 1 aliphatic carbocycles. The molecule has 0 saturated carbocycles. The molecule has 7 heteroatoms. The number of hydrogen-bond donors (Lipinski definition) is 0. The fourth-order valence-electron chi connectivity index (χ4n) is 9.72. The molecular weight excluding hydrogens is 833 g/mol. The number of hydrogen-bond acceptors (Lipinski definition) is 6. The van der Waals surface area contributed by atoms with Crippen molar-refractivity contribution in [2.45, 2.75) is 19.9 Å². The molecular formula is C61H44N6O. The highest BCUT2D eigenvalue weighted by molar-refractivity contribution is 5.97. The first kappa shape index (κ1) is 40.6. The van der Waals surface area contributed by atoms with E-state index in [0.717, 1.165) is 96.1 Å². The number of nitrogens with zero attached hydrogens (tertiary/aromatic N) is 6. The normalized spacial score (nSPS) is 13.0. The molecule has 0 N–H and O–H groups in total. The molecule has 7 aromatic carbocycles. The molecule has 12 rings (SSSR count). The number of anilines is 2. The predicted octanol–water partition coefficient (Wildman–Crippen LogP) is 14.8. The van der Waals surface area contributed by atoms with Crippen molar-refractivity contribution in [1.82, 2.24) is 24.5 Å². The van der Waals surface area contributed by atoms with E-state index in [0.29, 0.717) is 29.9 Å². The Balaban J connectivity index is 1.000. The van der Waals surface area contributed by atoms with Crippen LogP contribution in [0.15, 0.2) is 217 Å². The average Bonchev–Trinajstić information content (AvgIpc) is 3.86. The van der Waals surface area contributed by atoms with E-state index in [1.54, 1.807) is 0 Å². The summed E-state index contributed by atoms with van der Waals surface area (Å²) in [5.74, 6) is 2.49. The number of aromatic nitrogens is 5. The van der Waals surface area contributed by atoms with E-state index in [2.05, 4.69) is 138 Å². The van der Waals surface area contributed by atoms with Gasteiger partial charge in [-0.3, -0.25) is 0 Å². The Morgan fingerprint density at radius 1 is 0.588 bits per heavy atom. The highest BCUT2D eigenvalue weighted by Crippen LogP contribution is 2.48. The van der Waals surface area contributed by atoms with Gasteiger partial charge in [0, 0.05) is 56.0 Å². The summed E-state index contributed by atoms with van der Waals surface area (Å²) in [6.45, 7) is 7.15. The van der Waals surface area contributed by atoms with E-state index in [1.807, 2.05) is 97.1 Å². The zero-order valence-electron chi connectivity index (χ0n) is 37.4. The number of oxazole rings is 1. The van der Waals surface area contributed by atoms with Gasteiger partial charge in [-0.25, -0.2) is 19.9 Å². The molecule has 2 aliphatic rings. The number of allylic oxidation sites excluding steroid dienone is 5. The summed E-state index contributed by atoms with van der Waals surface area (Å²) >= 11 is 0. The van der Waals surface area contributed by atoms with E-state index in [9.17, 15) is 0 Å². The molecule has 0 radical (unpaired) electrons. The topological polar surface area (TPSA) is 72.9 Å². The smallest absolute Gasteiger partial charge is 0.227 e. The van der Waals surface area contributed by atoms with Gasteiger partial charge in [-0.1, -0.05) is 146 Å². The molecule has 1 aliphatic heterocycles. The van der Waals surface area contributed by atoms with Crippen LogP contribution in [0, 0.1) is 6.92 Å². The maximum atomic E-state index is 6.67. The molecule has 68 heavy (non-hydrogen) atoms. The molecule has 3 aromatic heterocycles. The highest BCUT2D eigenvalue weighted by atomic mass is 16.3. The summed E-state index contributed by atoms with van der Waals surface area (Å²) in [5.41, 5.74) is 18.9. The van der Waals surface area contributed by atoms with Crippen molar-refractivity contribution in [3.05, 3.63) is 247 Å². The second-order valence-electron chi connectivity index (χ2n) is 17.0. The summed E-state index contributed by atoms with van der Waals surface area (Å²) in [5, 5.41) is 0. The van der Waals surface area contributed by atoms with Gasteiger partial charge in [0.2, 0.25) is 5.89 Å². The van der Waals surface area contributed by atoms with Crippen molar-refractivity contribution < 1.29 is 4.42 Å². The predicted molar refractivity (Wildman–Crippen MR) is 277 cm³/mol. The highest BCUT2D eigenvalue weighted by Gasteiger charge is 2.30. The lowest BCUT2D eigenvalue weighted by Gasteiger charge is -2.33. The minimum atomic E-state index is 0.612. The molecule has 0 atom stereocenters. The summed E-state index contributed by atoms with van der Waals surface area (Å²) in [6, 6.07) is 60.7. The number of fused-ring (bicyclic) bond motifs is 6. The van der Waals surface area contributed by atoms with Gasteiger partial charge in [-0.2, -0.15) is 0 Å². The van der Waals surface area contributed by atoms with Crippen LogP contribution >= 0.6 is 0 Å². The largest absolute Gasteiger partial charge is 0.436 e.